The standard InChI is InChI=1S/C23H30N2O2/c1-17(2)23(19-7-5-4-6-8-19)24-22(26)16-25(20-11-12-20)15-18-9-13-21(27-3)14-10-18/h4-10,13-14,17,20,23H,11-12,15-16H2,1-3H3,(H,24,26). The van der Waals surface area contributed by atoms with Crippen LogP contribution in [0.1, 0.15) is 43.9 Å². The Labute approximate surface area is 162 Å². The fraction of sp³-hybridized carbons (Fsp3) is 0.435. The molecule has 3 rings (SSSR count). The van der Waals surface area contributed by atoms with Gasteiger partial charge < -0.3 is 10.1 Å². The van der Waals surface area contributed by atoms with Gasteiger partial charge >= 0.3 is 0 Å². The van der Waals surface area contributed by atoms with Gasteiger partial charge in [-0.2, -0.15) is 0 Å². The minimum Gasteiger partial charge on any atom is -0.497 e. The monoisotopic (exact) mass is 366 g/mol. The molecule has 0 heterocycles. The molecule has 1 aliphatic rings. The molecule has 2 aromatic carbocycles. The van der Waals surface area contributed by atoms with Crippen molar-refractivity contribution in [2.75, 3.05) is 13.7 Å². The molecule has 0 radical (unpaired) electrons. The highest BCUT2D eigenvalue weighted by Gasteiger charge is 2.31. The summed E-state index contributed by atoms with van der Waals surface area (Å²) >= 11 is 0. The van der Waals surface area contributed by atoms with E-state index in [4.69, 9.17) is 4.74 Å². The SMILES string of the molecule is COc1ccc(CN(CC(=O)NC(c2ccccc2)C(C)C)C2CC2)cc1. The number of methoxy groups -OCH3 is 1. The Bertz CT molecular complexity index is 724. The summed E-state index contributed by atoms with van der Waals surface area (Å²) in [4.78, 5) is 15.1. The van der Waals surface area contributed by atoms with Gasteiger partial charge in [0.1, 0.15) is 5.75 Å². The van der Waals surface area contributed by atoms with Crippen molar-refractivity contribution in [1.82, 2.24) is 10.2 Å². The van der Waals surface area contributed by atoms with Gasteiger partial charge in [0.2, 0.25) is 5.91 Å². The molecule has 0 saturated heterocycles. The van der Waals surface area contributed by atoms with Gasteiger partial charge in [-0.25, -0.2) is 0 Å². The second kappa shape index (κ2) is 9.05. The molecule has 4 nitrogen and oxygen atoms in total. The summed E-state index contributed by atoms with van der Waals surface area (Å²) in [6, 6.07) is 18.9. The topological polar surface area (TPSA) is 41.6 Å². The van der Waals surface area contributed by atoms with Crippen molar-refractivity contribution >= 4 is 5.91 Å². The maximum Gasteiger partial charge on any atom is 0.234 e. The van der Waals surface area contributed by atoms with Crippen LogP contribution in [0.4, 0.5) is 0 Å². The number of hydrogen-bond donors (Lipinski definition) is 1. The van der Waals surface area contributed by atoms with Crippen LogP contribution in [0.15, 0.2) is 54.6 Å². The van der Waals surface area contributed by atoms with Crippen molar-refractivity contribution in [2.24, 2.45) is 5.92 Å². The first-order chi connectivity index (χ1) is 13.1. The Kier molecular flexibility index (Phi) is 6.51. The molecular formula is C23H30N2O2. The van der Waals surface area contributed by atoms with Gasteiger partial charge in [-0.05, 0) is 42.0 Å². The third kappa shape index (κ3) is 5.57. The molecule has 0 aromatic heterocycles. The van der Waals surface area contributed by atoms with Gasteiger partial charge in [0, 0.05) is 12.6 Å². The fourth-order valence-electron chi connectivity index (χ4n) is 3.42. The van der Waals surface area contributed by atoms with Crippen LogP contribution in [0.5, 0.6) is 5.75 Å². The highest BCUT2D eigenvalue weighted by atomic mass is 16.5. The minimum absolute atomic E-state index is 0.0424. The molecular weight excluding hydrogens is 336 g/mol. The molecule has 27 heavy (non-hydrogen) atoms. The number of ether oxygens (including phenoxy) is 1. The van der Waals surface area contributed by atoms with Gasteiger partial charge in [-0.15, -0.1) is 0 Å². The Morgan fingerprint density at radius 2 is 1.78 bits per heavy atom. The van der Waals surface area contributed by atoms with Gasteiger partial charge in [0.05, 0.1) is 19.7 Å². The Balaban J connectivity index is 1.62. The smallest absolute Gasteiger partial charge is 0.234 e. The Morgan fingerprint density at radius 3 is 2.33 bits per heavy atom. The molecule has 1 aliphatic carbocycles. The van der Waals surface area contributed by atoms with E-state index in [1.54, 1.807) is 7.11 Å². The zero-order valence-electron chi connectivity index (χ0n) is 16.5. The largest absolute Gasteiger partial charge is 0.497 e. The molecule has 144 valence electrons. The maximum absolute atomic E-state index is 12.8. The van der Waals surface area contributed by atoms with E-state index in [9.17, 15) is 4.79 Å². The number of amides is 1. The van der Waals surface area contributed by atoms with Gasteiger partial charge in [-0.3, -0.25) is 9.69 Å². The summed E-state index contributed by atoms with van der Waals surface area (Å²) in [5, 5.41) is 3.25. The van der Waals surface area contributed by atoms with Crippen molar-refractivity contribution in [1.29, 1.82) is 0 Å². The van der Waals surface area contributed by atoms with Crippen LogP contribution in [-0.2, 0) is 11.3 Å². The van der Waals surface area contributed by atoms with Crippen molar-refractivity contribution < 1.29 is 9.53 Å². The van der Waals surface area contributed by atoms with Crippen molar-refractivity contribution in [3.63, 3.8) is 0 Å². The lowest BCUT2D eigenvalue weighted by Gasteiger charge is -2.26. The van der Waals surface area contributed by atoms with E-state index in [1.165, 1.54) is 18.4 Å². The quantitative estimate of drug-likeness (QED) is 0.724. The van der Waals surface area contributed by atoms with E-state index in [0.717, 1.165) is 17.9 Å². The zero-order chi connectivity index (χ0) is 19.2. The molecule has 0 bridgehead atoms. The third-order valence-electron chi connectivity index (χ3n) is 5.10. The molecule has 4 heteroatoms. The zero-order valence-corrected chi connectivity index (χ0v) is 16.5. The van der Waals surface area contributed by atoms with Crippen molar-refractivity contribution in [3.05, 3.63) is 65.7 Å². The molecule has 1 atom stereocenters. The highest BCUT2D eigenvalue weighted by Crippen LogP contribution is 2.29. The van der Waals surface area contributed by atoms with E-state index < -0.39 is 0 Å². The molecule has 0 spiro atoms. The highest BCUT2D eigenvalue weighted by molar-refractivity contribution is 5.78. The molecule has 1 fully saturated rings. The fourth-order valence-corrected chi connectivity index (χ4v) is 3.42. The van der Waals surface area contributed by atoms with Crippen LogP contribution >= 0.6 is 0 Å². The van der Waals surface area contributed by atoms with E-state index in [-0.39, 0.29) is 11.9 Å². The lowest BCUT2D eigenvalue weighted by Crippen LogP contribution is -2.40. The van der Waals surface area contributed by atoms with E-state index >= 15 is 0 Å². The lowest BCUT2D eigenvalue weighted by molar-refractivity contribution is -0.123. The van der Waals surface area contributed by atoms with E-state index in [0.29, 0.717) is 18.5 Å². The average molecular weight is 367 g/mol. The Hall–Kier alpha value is -2.33. The predicted octanol–water partition coefficient (Wildman–Crippen LogP) is 4.17. The van der Waals surface area contributed by atoms with E-state index in [2.05, 4.69) is 48.3 Å². The molecule has 1 N–H and O–H groups in total. The van der Waals surface area contributed by atoms with Crippen LogP contribution in [0.2, 0.25) is 0 Å². The number of hydrogen-bond acceptors (Lipinski definition) is 3. The third-order valence-corrected chi connectivity index (χ3v) is 5.10. The summed E-state index contributed by atoms with van der Waals surface area (Å²) in [7, 11) is 1.67. The summed E-state index contributed by atoms with van der Waals surface area (Å²) in [6.07, 6.45) is 2.35. The number of benzene rings is 2. The van der Waals surface area contributed by atoms with Crippen LogP contribution < -0.4 is 10.1 Å². The average Bonchev–Trinajstić information content (AvgIpc) is 3.52. The van der Waals surface area contributed by atoms with Gasteiger partial charge in [0.15, 0.2) is 0 Å². The second-order valence-electron chi connectivity index (χ2n) is 7.68. The van der Waals surface area contributed by atoms with E-state index in [1.807, 2.05) is 30.3 Å². The van der Waals surface area contributed by atoms with Gasteiger partial charge in [0.25, 0.3) is 0 Å². The molecule has 1 amide bonds. The summed E-state index contributed by atoms with van der Waals surface area (Å²) in [6.45, 7) is 5.52. The first-order valence-corrected chi connectivity index (χ1v) is 9.78. The van der Waals surface area contributed by atoms with Crippen molar-refractivity contribution in [3.8, 4) is 5.75 Å². The molecule has 1 saturated carbocycles. The predicted molar refractivity (Wildman–Crippen MR) is 109 cm³/mol. The van der Waals surface area contributed by atoms with Crippen LogP contribution in [0.3, 0.4) is 0 Å². The lowest BCUT2D eigenvalue weighted by atomic mass is 9.96. The summed E-state index contributed by atoms with van der Waals surface area (Å²) in [5.41, 5.74) is 2.37. The molecule has 1 unspecified atom stereocenters. The minimum atomic E-state index is 0.0424. The maximum atomic E-state index is 12.8. The number of rotatable bonds is 9. The normalized spacial score (nSPS) is 15.0. The van der Waals surface area contributed by atoms with Crippen LogP contribution in [0.25, 0.3) is 0 Å². The second-order valence-corrected chi connectivity index (χ2v) is 7.68. The first-order valence-electron chi connectivity index (χ1n) is 9.78. The first kappa shape index (κ1) is 19.4. The molecule has 0 aliphatic heterocycles. The summed E-state index contributed by atoms with van der Waals surface area (Å²) < 4.78 is 5.23. The van der Waals surface area contributed by atoms with Crippen molar-refractivity contribution in [2.45, 2.75) is 45.3 Å². The number of nitrogens with zero attached hydrogens (tertiary/aromatic N) is 1. The van der Waals surface area contributed by atoms with Crippen LogP contribution in [-0.4, -0.2) is 30.5 Å². The number of carbonyl (C=O) groups excluding carboxylic acids is 1. The number of nitrogens with one attached hydrogen (secondary N) is 1. The van der Waals surface area contributed by atoms with Crippen LogP contribution in [0, 0.1) is 5.92 Å². The Morgan fingerprint density at radius 1 is 1.11 bits per heavy atom. The summed E-state index contributed by atoms with van der Waals surface area (Å²) in [5.74, 6) is 1.29. The molecule has 2 aromatic rings. The number of carbonyl (C=O) groups is 1. The van der Waals surface area contributed by atoms with Gasteiger partial charge in [-0.1, -0.05) is 56.3 Å².